The number of β-amino-alcohol motifs (C(OH)–C–C–N with tert-alkyl or cyclic N) is 1. The molecule has 0 aliphatic carbocycles. The number of fused-ring (bicyclic) bond motifs is 4. The maximum Gasteiger partial charge on any atom is 0.490 e. The lowest BCUT2D eigenvalue weighted by Gasteiger charge is -2.35. The van der Waals surface area contributed by atoms with E-state index in [1.165, 1.54) is 27.7 Å². The third-order valence-electron chi connectivity index (χ3n) is 6.80. The number of aromatic amines is 1. The van der Waals surface area contributed by atoms with Gasteiger partial charge in [-0.05, 0) is 48.6 Å². The van der Waals surface area contributed by atoms with Gasteiger partial charge in [0.05, 0.1) is 18.8 Å². The van der Waals surface area contributed by atoms with Gasteiger partial charge in [-0.2, -0.15) is 13.2 Å². The Morgan fingerprint density at radius 1 is 1.22 bits per heavy atom. The van der Waals surface area contributed by atoms with Crippen LogP contribution in [0.15, 0.2) is 48.5 Å². The molecule has 1 aromatic heterocycles. The molecule has 2 aliphatic rings. The van der Waals surface area contributed by atoms with Gasteiger partial charge in [-0.1, -0.05) is 30.3 Å². The van der Waals surface area contributed by atoms with E-state index in [2.05, 4.69) is 39.5 Å². The van der Waals surface area contributed by atoms with Gasteiger partial charge in [0.2, 0.25) is 0 Å². The van der Waals surface area contributed by atoms with E-state index in [0.29, 0.717) is 13.0 Å². The Morgan fingerprint density at radius 3 is 2.61 bits per heavy atom. The normalized spacial score (nSPS) is 20.6. The van der Waals surface area contributed by atoms with E-state index in [0.717, 1.165) is 38.2 Å². The molecular formula is C26H30F3N3O4. The van der Waals surface area contributed by atoms with Gasteiger partial charge in [-0.25, -0.2) is 4.79 Å². The lowest BCUT2D eigenvalue weighted by Crippen LogP contribution is -2.49. The SMILES string of the molecule is COc1ccc2[nH]c3c(c2c1)CCNC31CCN(CC(O)Cc2ccccc2)C1.O=C(O)C(F)(F)F. The highest BCUT2D eigenvalue weighted by Crippen LogP contribution is 2.40. The van der Waals surface area contributed by atoms with E-state index in [1.54, 1.807) is 7.11 Å². The lowest BCUT2D eigenvalue weighted by molar-refractivity contribution is -0.192. The zero-order valence-electron chi connectivity index (χ0n) is 19.9. The number of alkyl halides is 3. The number of nitrogens with zero attached hydrogens (tertiary/aromatic N) is 1. The summed E-state index contributed by atoms with van der Waals surface area (Å²) in [5.74, 6) is -1.85. The molecule has 4 N–H and O–H groups in total. The number of carboxylic acid groups (broad SMARTS) is 1. The molecule has 3 heterocycles. The Balaban J connectivity index is 0.000000384. The van der Waals surface area contributed by atoms with Crippen LogP contribution in [0, 0.1) is 0 Å². The Kier molecular flexibility index (Phi) is 7.58. The molecule has 36 heavy (non-hydrogen) atoms. The summed E-state index contributed by atoms with van der Waals surface area (Å²) in [5, 5.41) is 22.8. The van der Waals surface area contributed by atoms with Crippen molar-refractivity contribution in [1.82, 2.24) is 15.2 Å². The predicted octanol–water partition coefficient (Wildman–Crippen LogP) is 3.46. The average Bonchev–Trinajstić information content (AvgIpc) is 3.41. The zero-order valence-corrected chi connectivity index (χ0v) is 19.9. The van der Waals surface area contributed by atoms with Gasteiger partial charge in [0.15, 0.2) is 0 Å². The summed E-state index contributed by atoms with van der Waals surface area (Å²) in [7, 11) is 1.72. The number of aliphatic hydroxyl groups is 1. The summed E-state index contributed by atoms with van der Waals surface area (Å²) in [5.41, 5.74) is 5.07. The topological polar surface area (TPSA) is 97.8 Å². The fourth-order valence-electron chi connectivity index (χ4n) is 5.18. The zero-order chi connectivity index (χ0) is 25.9. The number of aliphatic carboxylic acids is 1. The molecular weight excluding hydrogens is 475 g/mol. The van der Waals surface area contributed by atoms with Gasteiger partial charge in [-0.15, -0.1) is 0 Å². The predicted molar refractivity (Wildman–Crippen MR) is 129 cm³/mol. The molecule has 1 fully saturated rings. The number of carbonyl (C=O) groups is 1. The fourth-order valence-corrected chi connectivity index (χ4v) is 5.18. The Labute approximate surface area is 206 Å². The largest absolute Gasteiger partial charge is 0.497 e. The Morgan fingerprint density at radius 2 is 1.94 bits per heavy atom. The maximum atomic E-state index is 10.6. The van der Waals surface area contributed by atoms with E-state index in [1.807, 2.05) is 24.3 Å². The number of hydrogen-bond donors (Lipinski definition) is 4. The second-order valence-corrected chi connectivity index (χ2v) is 9.28. The number of ether oxygens (including phenoxy) is 1. The van der Waals surface area contributed by atoms with Crippen LogP contribution < -0.4 is 10.1 Å². The third kappa shape index (κ3) is 5.66. The minimum absolute atomic E-state index is 0.0493. The van der Waals surface area contributed by atoms with E-state index < -0.39 is 12.1 Å². The van der Waals surface area contributed by atoms with Crippen molar-refractivity contribution in [1.29, 1.82) is 0 Å². The van der Waals surface area contributed by atoms with Crippen LogP contribution in [-0.2, 0) is 23.2 Å². The fraction of sp³-hybridized carbons (Fsp3) is 0.423. The van der Waals surface area contributed by atoms with Gasteiger partial charge in [0.1, 0.15) is 5.75 Å². The highest BCUT2D eigenvalue weighted by atomic mass is 19.4. The quantitative estimate of drug-likeness (QED) is 0.424. The summed E-state index contributed by atoms with van der Waals surface area (Å²) in [6, 6.07) is 16.5. The number of hydrogen-bond acceptors (Lipinski definition) is 5. The number of aliphatic hydroxyl groups excluding tert-OH is 1. The summed E-state index contributed by atoms with van der Waals surface area (Å²) in [4.78, 5) is 15.0. The molecule has 194 valence electrons. The van der Waals surface area contributed by atoms with Crippen molar-refractivity contribution < 1.29 is 32.9 Å². The molecule has 10 heteroatoms. The highest BCUT2D eigenvalue weighted by Gasteiger charge is 2.44. The number of H-pyrrole nitrogens is 1. The molecule has 0 amide bonds. The molecule has 1 saturated heterocycles. The second-order valence-electron chi connectivity index (χ2n) is 9.28. The van der Waals surface area contributed by atoms with Gasteiger partial charge in [-0.3, -0.25) is 4.90 Å². The molecule has 7 nitrogen and oxygen atoms in total. The number of halogens is 3. The van der Waals surface area contributed by atoms with E-state index >= 15 is 0 Å². The lowest BCUT2D eigenvalue weighted by atomic mass is 9.86. The first-order valence-corrected chi connectivity index (χ1v) is 11.8. The van der Waals surface area contributed by atoms with Crippen LogP contribution in [0.3, 0.4) is 0 Å². The first kappa shape index (κ1) is 26.0. The van der Waals surface area contributed by atoms with Gasteiger partial charge >= 0.3 is 12.1 Å². The van der Waals surface area contributed by atoms with Crippen molar-refractivity contribution in [2.24, 2.45) is 0 Å². The van der Waals surface area contributed by atoms with Crippen molar-refractivity contribution in [3.05, 3.63) is 65.4 Å². The molecule has 0 bridgehead atoms. The van der Waals surface area contributed by atoms with Crippen LogP contribution in [0.25, 0.3) is 10.9 Å². The van der Waals surface area contributed by atoms with Gasteiger partial charge in [0, 0.05) is 42.8 Å². The van der Waals surface area contributed by atoms with Crippen molar-refractivity contribution in [3.8, 4) is 5.75 Å². The van der Waals surface area contributed by atoms with Crippen LogP contribution in [0.4, 0.5) is 13.2 Å². The molecule has 0 saturated carbocycles. The van der Waals surface area contributed by atoms with Crippen molar-refractivity contribution in [2.45, 2.75) is 37.1 Å². The summed E-state index contributed by atoms with van der Waals surface area (Å²) in [6.07, 6.45) is -2.64. The maximum absolute atomic E-state index is 10.6. The minimum atomic E-state index is -5.08. The Bertz CT molecular complexity index is 1200. The second kappa shape index (κ2) is 10.5. The van der Waals surface area contributed by atoms with E-state index in [4.69, 9.17) is 14.6 Å². The smallest absolute Gasteiger partial charge is 0.490 e. The third-order valence-corrected chi connectivity index (χ3v) is 6.80. The molecule has 2 aromatic carbocycles. The number of nitrogens with one attached hydrogen (secondary N) is 2. The van der Waals surface area contributed by atoms with Crippen LogP contribution in [0.1, 0.15) is 23.2 Å². The number of likely N-dealkylation sites (tertiary alicyclic amines) is 1. The summed E-state index contributed by atoms with van der Waals surface area (Å²) >= 11 is 0. The van der Waals surface area contributed by atoms with Crippen molar-refractivity contribution >= 4 is 16.9 Å². The molecule has 2 unspecified atom stereocenters. The summed E-state index contributed by atoms with van der Waals surface area (Å²) < 4.78 is 37.2. The van der Waals surface area contributed by atoms with Crippen LogP contribution in [0.2, 0.25) is 0 Å². The number of carboxylic acids is 1. The van der Waals surface area contributed by atoms with Crippen LogP contribution in [0.5, 0.6) is 5.75 Å². The molecule has 1 spiro atoms. The standard InChI is InChI=1S/C24H29N3O2.C2HF3O2/c1-29-19-7-8-22-21(14-19)20-9-11-25-24(23(20)26-22)10-12-27(16-24)15-18(28)13-17-5-3-2-4-6-17;3-2(4,5)1(6)7/h2-8,14,18,25-26,28H,9-13,15-16H2,1H3;(H,6,7). The first-order valence-electron chi connectivity index (χ1n) is 11.8. The average molecular weight is 506 g/mol. The molecule has 0 radical (unpaired) electrons. The monoisotopic (exact) mass is 505 g/mol. The number of methoxy groups -OCH3 is 1. The van der Waals surface area contributed by atoms with Crippen molar-refractivity contribution in [3.63, 3.8) is 0 Å². The number of rotatable bonds is 5. The summed E-state index contributed by atoms with van der Waals surface area (Å²) in [6.45, 7) is 3.62. The van der Waals surface area contributed by atoms with Gasteiger partial charge in [0.25, 0.3) is 0 Å². The van der Waals surface area contributed by atoms with E-state index in [-0.39, 0.29) is 11.6 Å². The van der Waals surface area contributed by atoms with E-state index in [9.17, 15) is 18.3 Å². The molecule has 5 rings (SSSR count). The first-order chi connectivity index (χ1) is 17.1. The Hall–Kier alpha value is -3.08. The number of benzene rings is 2. The van der Waals surface area contributed by atoms with Crippen LogP contribution in [-0.4, -0.2) is 71.6 Å². The van der Waals surface area contributed by atoms with Crippen molar-refractivity contribution in [2.75, 3.05) is 33.3 Å². The van der Waals surface area contributed by atoms with Crippen LogP contribution >= 0.6 is 0 Å². The molecule has 2 aliphatic heterocycles. The minimum Gasteiger partial charge on any atom is -0.497 e. The molecule has 3 aromatic rings. The number of aromatic nitrogens is 1. The van der Waals surface area contributed by atoms with Gasteiger partial charge < -0.3 is 25.3 Å². The molecule has 2 atom stereocenters. The highest BCUT2D eigenvalue weighted by molar-refractivity contribution is 5.87.